The third-order valence-corrected chi connectivity index (χ3v) is 2.11. The Morgan fingerprint density at radius 2 is 1.85 bits per heavy atom. The summed E-state index contributed by atoms with van der Waals surface area (Å²) in [6.07, 6.45) is 1.80. The number of nitrogens with one attached hydrogen (secondary N) is 1. The van der Waals surface area contributed by atoms with Gasteiger partial charge < -0.3 is 10.2 Å². The number of H-pyrrole nitrogens is 1. The number of phenolic OH excluding ortho intramolecular Hbond substituents is 2. The molecule has 0 aliphatic rings. The largest absolute Gasteiger partial charge is 0.504 e. The molecule has 0 saturated carbocycles. The Balaban J connectivity index is 2.89. The van der Waals surface area contributed by atoms with Crippen LogP contribution in [0.2, 0.25) is 0 Å². The molecule has 1 heterocycles. The lowest BCUT2D eigenvalue weighted by atomic mass is 10.1. The van der Waals surface area contributed by atoms with E-state index in [1.165, 1.54) is 0 Å². The van der Waals surface area contributed by atoms with E-state index in [1.807, 2.05) is 13.0 Å². The number of hydrogen-bond donors (Lipinski definition) is 2. The molecule has 3 nitrogen and oxygen atoms in total. The van der Waals surface area contributed by atoms with Gasteiger partial charge in [-0.25, -0.2) is 4.98 Å². The second-order valence-electron chi connectivity index (χ2n) is 3.03. The Labute approximate surface area is 75.3 Å². The monoisotopic (exact) mass is 176 g/mol. The van der Waals surface area contributed by atoms with Crippen molar-refractivity contribution in [2.75, 3.05) is 0 Å². The number of hydrogen-bond acceptors (Lipinski definition) is 2. The summed E-state index contributed by atoms with van der Waals surface area (Å²) in [7, 11) is 0. The highest BCUT2D eigenvalue weighted by Crippen LogP contribution is 2.30. The van der Waals surface area contributed by atoms with E-state index in [0.717, 1.165) is 16.5 Å². The fourth-order valence-electron chi connectivity index (χ4n) is 1.39. The first-order valence-corrected chi connectivity index (χ1v) is 4.01. The number of fused-ring (bicyclic) bond motifs is 1. The summed E-state index contributed by atoms with van der Waals surface area (Å²) in [4.78, 5) is 3.03. The molecule has 0 atom stereocenters. The maximum atomic E-state index is 9.28. The zero-order valence-corrected chi connectivity index (χ0v) is 7.20. The molecule has 2 rings (SSSR count). The molecule has 0 spiro atoms. The molecule has 66 valence electrons. The topological polar surface area (TPSA) is 54.6 Å². The highest BCUT2D eigenvalue weighted by molar-refractivity contribution is 5.86. The lowest BCUT2D eigenvalue weighted by Crippen LogP contribution is -2.05. The third kappa shape index (κ3) is 1.18. The Hall–Kier alpha value is -1.77. The maximum absolute atomic E-state index is 9.28. The number of aromatic nitrogens is 1. The quantitative estimate of drug-likeness (QED) is 0.596. The fourth-order valence-corrected chi connectivity index (χ4v) is 1.39. The van der Waals surface area contributed by atoms with Gasteiger partial charge in [0.15, 0.2) is 23.4 Å². The zero-order chi connectivity index (χ0) is 9.42. The van der Waals surface area contributed by atoms with Crippen LogP contribution in [0.1, 0.15) is 5.69 Å². The lowest BCUT2D eigenvalue weighted by molar-refractivity contribution is -0.385. The molecule has 0 saturated heterocycles. The molecule has 3 N–H and O–H groups in total. The van der Waals surface area contributed by atoms with Gasteiger partial charge >= 0.3 is 0 Å². The van der Waals surface area contributed by atoms with Crippen LogP contribution in [0.15, 0.2) is 24.4 Å². The van der Waals surface area contributed by atoms with Gasteiger partial charge in [0.1, 0.15) is 0 Å². The van der Waals surface area contributed by atoms with Crippen LogP contribution in [0.3, 0.4) is 0 Å². The molecule has 0 radical (unpaired) electrons. The molecular weight excluding hydrogens is 166 g/mol. The summed E-state index contributed by atoms with van der Waals surface area (Å²) >= 11 is 0. The van der Waals surface area contributed by atoms with E-state index in [-0.39, 0.29) is 11.5 Å². The van der Waals surface area contributed by atoms with Crippen LogP contribution in [0, 0.1) is 6.92 Å². The summed E-state index contributed by atoms with van der Waals surface area (Å²) in [6, 6.07) is 4.95. The molecule has 0 amide bonds. The van der Waals surface area contributed by atoms with Crippen LogP contribution in [0.25, 0.3) is 10.8 Å². The average Bonchev–Trinajstić information content (AvgIpc) is 2.09. The van der Waals surface area contributed by atoms with Crippen LogP contribution in [0.4, 0.5) is 0 Å². The Bertz CT molecular complexity index is 466. The summed E-state index contributed by atoms with van der Waals surface area (Å²) in [5, 5.41) is 20.3. The van der Waals surface area contributed by atoms with Crippen molar-refractivity contribution in [2.24, 2.45) is 0 Å². The lowest BCUT2D eigenvalue weighted by Gasteiger charge is -2.00. The zero-order valence-electron chi connectivity index (χ0n) is 7.20. The van der Waals surface area contributed by atoms with Crippen molar-refractivity contribution in [1.29, 1.82) is 0 Å². The van der Waals surface area contributed by atoms with Crippen molar-refractivity contribution in [1.82, 2.24) is 0 Å². The molecule has 0 unspecified atom stereocenters. The van der Waals surface area contributed by atoms with E-state index in [2.05, 4.69) is 4.98 Å². The summed E-state index contributed by atoms with van der Waals surface area (Å²) in [5.74, 6) is -0.173. The van der Waals surface area contributed by atoms with Crippen LogP contribution in [-0.2, 0) is 0 Å². The van der Waals surface area contributed by atoms with Crippen LogP contribution >= 0.6 is 0 Å². The normalized spacial score (nSPS) is 10.5. The SMILES string of the molecule is Cc1[nH+]ccc2cc(O)c(O)cc12. The minimum Gasteiger partial charge on any atom is -0.504 e. The van der Waals surface area contributed by atoms with Gasteiger partial charge in [0.25, 0.3) is 0 Å². The predicted molar refractivity (Wildman–Crippen MR) is 48.6 cm³/mol. The van der Waals surface area contributed by atoms with E-state index in [9.17, 15) is 10.2 Å². The van der Waals surface area contributed by atoms with Crippen molar-refractivity contribution in [3.63, 3.8) is 0 Å². The van der Waals surface area contributed by atoms with E-state index >= 15 is 0 Å². The summed E-state index contributed by atoms with van der Waals surface area (Å²) in [5.41, 5.74) is 0.966. The predicted octanol–water partition coefficient (Wildman–Crippen LogP) is 1.37. The van der Waals surface area contributed by atoms with Gasteiger partial charge in [-0.2, -0.15) is 0 Å². The smallest absolute Gasteiger partial charge is 0.184 e. The number of phenols is 2. The van der Waals surface area contributed by atoms with E-state index < -0.39 is 0 Å². The van der Waals surface area contributed by atoms with Crippen LogP contribution < -0.4 is 4.98 Å². The highest BCUT2D eigenvalue weighted by Gasteiger charge is 2.06. The Kier molecular flexibility index (Phi) is 1.59. The highest BCUT2D eigenvalue weighted by atomic mass is 16.3. The summed E-state index contributed by atoms with van der Waals surface area (Å²) in [6.45, 7) is 1.92. The molecule has 0 fully saturated rings. The minimum absolute atomic E-state index is 0.0851. The fraction of sp³-hybridized carbons (Fsp3) is 0.100. The summed E-state index contributed by atoms with van der Waals surface area (Å²) < 4.78 is 0. The van der Waals surface area contributed by atoms with Gasteiger partial charge in [-0.05, 0) is 17.5 Å². The van der Waals surface area contributed by atoms with E-state index in [4.69, 9.17) is 0 Å². The molecule has 0 bridgehead atoms. The maximum Gasteiger partial charge on any atom is 0.184 e. The number of benzene rings is 1. The number of aromatic amines is 1. The van der Waals surface area contributed by atoms with Crippen molar-refractivity contribution in [3.8, 4) is 11.5 Å². The third-order valence-electron chi connectivity index (χ3n) is 2.11. The van der Waals surface area contributed by atoms with Gasteiger partial charge in [-0.15, -0.1) is 0 Å². The van der Waals surface area contributed by atoms with Gasteiger partial charge in [0, 0.05) is 13.0 Å². The van der Waals surface area contributed by atoms with Gasteiger partial charge in [0.2, 0.25) is 0 Å². The first-order chi connectivity index (χ1) is 6.18. The number of pyridine rings is 1. The van der Waals surface area contributed by atoms with Crippen molar-refractivity contribution in [2.45, 2.75) is 6.92 Å². The molecule has 0 aliphatic carbocycles. The Morgan fingerprint density at radius 3 is 2.62 bits per heavy atom. The van der Waals surface area contributed by atoms with Gasteiger partial charge in [0.05, 0.1) is 5.39 Å². The van der Waals surface area contributed by atoms with Crippen molar-refractivity contribution in [3.05, 3.63) is 30.1 Å². The number of aromatic hydroxyl groups is 2. The minimum atomic E-state index is -0.0878. The van der Waals surface area contributed by atoms with Gasteiger partial charge in [-0.3, -0.25) is 0 Å². The van der Waals surface area contributed by atoms with Crippen molar-refractivity contribution < 1.29 is 15.2 Å². The molecule has 0 aliphatic heterocycles. The second kappa shape index (κ2) is 2.62. The van der Waals surface area contributed by atoms with E-state index in [0.29, 0.717) is 0 Å². The van der Waals surface area contributed by atoms with E-state index in [1.54, 1.807) is 18.3 Å². The van der Waals surface area contributed by atoms with Crippen LogP contribution in [0.5, 0.6) is 11.5 Å². The number of aryl methyl sites for hydroxylation is 1. The molecule has 1 aromatic heterocycles. The molecule has 13 heavy (non-hydrogen) atoms. The standard InChI is InChI=1S/C10H9NO2/c1-6-8-5-10(13)9(12)4-7(8)2-3-11-6/h2-5,12-13H,1H3/p+1. The first kappa shape index (κ1) is 7.86. The Morgan fingerprint density at radius 1 is 1.15 bits per heavy atom. The number of rotatable bonds is 0. The molecule has 3 heteroatoms. The molecule has 1 aromatic carbocycles. The molecule has 2 aromatic rings. The first-order valence-electron chi connectivity index (χ1n) is 4.01. The van der Waals surface area contributed by atoms with Gasteiger partial charge in [-0.1, -0.05) is 0 Å². The molecular formula is C10H10NO2+. The van der Waals surface area contributed by atoms with Crippen molar-refractivity contribution >= 4 is 10.8 Å². The van der Waals surface area contributed by atoms with Crippen LogP contribution in [-0.4, -0.2) is 10.2 Å². The second-order valence-corrected chi connectivity index (χ2v) is 3.03. The average molecular weight is 176 g/mol.